The number of hydrogen-bond acceptors (Lipinski definition) is 3. The molecule has 2 aromatic rings. The first kappa shape index (κ1) is 15.9. The van der Waals surface area contributed by atoms with Gasteiger partial charge >= 0.3 is 0 Å². The van der Waals surface area contributed by atoms with Crippen LogP contribution >= 0.6 is 0 Å². The summed E-state index contributed by atoms with van der Waals surface area (Å²) in [6.45, 7) is 8.94. The van der Waals surface area contributed by atoms with Gasteiger partial charge in [-0.15, -0.1) is 0 Å². The number of nitrogens with zero attached hydrogens (tertiary/aromatic N) is 3. The molecule has 24 heavy (non-hydrogen) atoms. The highest BCUT2D eigenvalue weighted by molar-refractivity contribution is 5.36. The molecule has 2 heterocycles. The highest BCUT2D eigenvalue weighted by atomic mass is 15.3. The van der Waals surface area contributed by atoms with E-state index in [0.29, 0.717) is 0 Å². The molecular formula is C20H28N4. The van der Waals surface area contributed by atoms with E-state index in [1.54, 1.807) is 0 Å². The zero-order valence-electron chi connectivity index (χ0n) is 14.8. The summed E-state index contributed by atoms with van der Waals surface area (Å²) in [5.41, 5.74) is 4.86. The molecule has 1 saturated heterocycles. The van der Waals surface area contributed by atoms with Gasteiger partial charge in [0.25, 0.3) is 0 Å². The van der Waals surface area contributed by atoms with Gasteiger partial charge in [-0.1, -0.05) is 18.2 Å². The standard InChI is InChI=1S/C20H28N4/c1-15-20(16(2)24(22-15)19-6-4-3-5-7-19)13-21-12-17-10-11-23(14-17)18-8-9-18/h3-7,17-18,21H,8-14H2,1-2H3. The average Bonchev–Trinajstić information content (AvgIpc) is 3.28. The van der Waals surface area contributed by atoms with E-state index in [-0.39, 0.29) is 0 Å². The van der Waals surface area contributed by atoms with Crippen LogP contribution in [0.5, 0.6) is 0 Å². The lowest BCUT2D eigenvalue weighted by Gasteiger charge is -2.15. The Bertz CT molecular complexity index is 687. The molecule has 1 saturated carbocycles. The third kappa shape index (κ3) is 3.26. The smallest absolute Gasteiger partial charge is 0.0648 e. The van der Waals surface area contributed by atoms with Crippen molar-refractivity contribution >= 4 is 0 Å². The van der Waals surface area contributed by atoms with Gasteiger partial charge < -0.3 is 10.2 Å². The Balaban J connectivity index is 1.36. The minimum Gasteiger partial charge on any atom is -0.312 e. The van der Waals surface area contributed by atoms with Gasteiger partial charge in [0, 0.05) is 30.4 Å². The lowest BCUT2D eigenvalue weighted by molar-refractivity contribution is 0.312. The minimum absolute atomic E-state index is 0.815. The Kier molecular flexibility index (Phi) is 4.42. The molecule has 0 spiro atoms. The lowest BCUT2D eigenvalue weighted by Crippen LogP contribution is -2.27. The highest BCUT2D eigenvalue weighted by Gasteiger charge is 2.34. The van der Waals surface area contributed by atoms with E-state index >= 15 is 0 Å². The molecule has 0 radical (unpaired) electrons. The van der Waals surface area contributed by atoms with Crippen LogP contribution in [0, 0.1) is 19.8 Å². The van der Waals surface area contributed by atoms with Crippen molar-refractivity contribution in [1.82, 2.24) is 20.0 Å². The first-order valence-electron chi connectivity index (χ1n) is 9.27. The fourth-order valence-electron chi connectivity index (χ4n) is 3.95. The third-order valence-electron chi connectivity index (χ3n) is 5.56. The molecule has 1 N–H and O–H groups in total. The van der Waals surface area contributed by atoms with Gasteiger partial charge in [0.15, 0.2) is 0 Å². The van der Waals surface area contributed by atoms with Crippen molar-refractivity contribution in [1.29, 1.82) is 0 Å². The molecule has 1 aliphatic heterocycles. The Morgan fingerprint density at radius 3 is 2.67 bits per heavy atom. The average molecular weight is 324 g/mol. The molecule has 4 heteroatoms. The number of rotatable bonds is 6. The van der Waals surface area contributed by atoms with Crippen LogP contribution in [0.15, 0.2) is 30.3 Å². The second-order valence-electron chi connectivity index (χ2n) is 7.41. The Morgan fingerprint density at radius 1 is 1.12 bits per heavy atom. The molecule has 0 bridgehead atoms. The van der Waals surface area contributed by atoms with Gasteiger partial charge in [-0.05, 0) is 64.3 Å². The number of para-hydroxylation sites is 1. The van der Waals surface area contributed by atoms with Crippen molar-refractivity contribution in [2.75, 3.05) is 19.6 Å². The molecule has 128 valence electrons. The molecule has 1 aliphatic carbocycles. The summed E-state index contributed by atoms with van der Waals surface area (Å²) >= 11 is 0. The van der Waals surface area contributed by atoms with Gasteiger partial charge in [0.2, 0.25) is 0 Å². The monoisotopic (exact) mass is 324 g/mol. The predicted octanol–water partition coefficient (Wildman–Crippen LogP) is 3.06. The van der Waals surface area contributed by atoms with Crippen LogP contribution in [0.3, 0.4) is 0 Å². The molecule has 2 fully saturated rings. The minimum atomic E-state index is 0.815. The predicted molar refractivity (Wildman–Crippen MR) is 97.4 cm³/mol. The van der Waals surface area contributed by atoms with Crippen LogP contribution in [-0.4, -0.2) is 40.4 Å². The van der Waals surface area contributed by atoms with E-state index in [4.69, 9.17) is 5.10 Å². The zero-order valence-corrected chi connectivity index (χ0v) is 14.8. The summed E-state index contributed by atoms with van der Waals surface area (Å²) in [5.74, 6) is 0.815. The Morgan fingerprint density at radius 2 is 1.92 bits per heavy atom. The number of hydrogen-bond donors (Lipinski definition) is 1. The lowest BCUT2D eigenvalue weighted by atomic mass is 10.1. The van der Waals surface area contributed by atoms with Crippen LogP contribution in [0.25, 0.3) is 5.69 Å². The molecular weight excluding hydrogens is 296 g/mol. The van der Waals surface area contributed by atoms with E-state index in [0.717, 1.165) is 36.4 Å². The number of aromatic nitrogens is 2. The summed E-state index contributed by atoms with van der Waals surface area (Å²) < 4.78 is 2.07. The maximum atomic E-state index is 4.74. The molecule has 2 aliphatic rings. The molecule has 1 aromatic carbocycles. The SMILES string of the molecule is Cc1nn(-c2ccccc2)c(C)c1CNCC1CCN(C2CC2)C1. The summed E-state index contributed by atoms with van der Waals surface area (Å²) in [5, 5.41) is 8.43. The van der Waals surface area contributed by atoms with Crippen molar-refractivity contribution in [3.05, 3.63) is 47.3 Å². The maximum absolute atomic E-state index is 4.74. The second kappa shape index (κ2) is 6.69. The largest absolute Gasteiger partial charge is 0.312 e. The van der Waals surface area contributed by atoms with Gasteiger partial charge in [0.05, 0.1) is 11.4 Å². The first-order valence-corrected chi connectivity index (χ1v) is 9.27. The fraction of sp³-hybridized carbons (Fsp3) is 0.550. The van der Waals surface area contributed by atoms with Crippen molar-refractivity contribution < 1.29 is 0 Å². The Labute approximate surface area is 144 Å². The van der Waals surface area contributed by atoms with Crippen molar-refractivity contribution in [2.24, 2.45) is 5.92 Å². The molecule has 4 rings (SSSR count). The summed E-state index contributed by atoms with van der Waals surface area (Å²) in [6.07, 6.45) is 4.21. The van der Waals surface area contributed by atoms with E-state index in [1.165, 1.54) is 43.6 Å². The second-order valence-corrected chi connectivity index (χ2v) is 7.41. The third-order valence-corrected chi connectivity index (χ3v) is 5.56. The molecule has 0 amide bonds. The van der Waals surface area contributed by atoms with Crippen LogP contribution in [0.1, 0.15) is 36.2 Å². The number of benzene rings is 1. The normalized spacial score (nSPS) is 21.5. The van der Waals surface area contributed by atoms with E-state index < -0.39 is 0 Å². The Hall–Kier alpha value is -1.65. The van der Waals surface area contributed by atoms with Crippen molar-refractivity contribution in [3.63, 3.8) is 0 Å². The van der Waals surface area contributed by atoms with Gasteiger partial charge in [-0.2, -0.15) is 5.10 Å². The molecule has 1 aromatic heterocycles. The molecule has 1 atom stereocenters. The number of aryl methyl sites for hydroxylation is 1. The van der Waals surface area contributed by atoms with E-state index in [9.17, 15) is 0 Å². The van der Waals surface area contributed by atoms with Crippen LogP contribution in [0.2, 0.25) is 0 Å². The number of nitrogens with one attached hydrogen (secondary N) is 1. The van der Waals surface area contributed by atoms with E-state index in [1.807, 2.05) is 6.07 Å². The summed E-state index contributed by atoms with van der Waals surface area (Å²) in [6, 6.07) is 11.3. The zero-order chi connectivity index (χ0) is 16.5. The van der Waals surface area contributed by atoms with Gasteiger partial charge in [-0.3, -0.25) is 0 Å². The topological polar surface area (TPSA) is 33.1 Å². The first-order chi connectivity index (χ1) is 11.7. The van der Waals surface area contributed by atoms with E-state index in [2.05, 4.69) is 53.0 Å². The van der Waals surface area contributed by atoms with Gasteiger partial charge in [0.1, 0.15) is 0 Å². The molecule has 1 unspecified atom stereocenters. The van der Waals surface area contributed by atoms with Crippen LogP contribution < -0.4 is 5.32 Å². The summed E-state index contributed by atoms with van der Waals surface area (Å²) in [7, 11) is 0. The van der Waals surface area contributed by atoms with Crippen LogP contribution in [-0.2, 0) is 6.54 Å². The quantitative estimate of drug-likeness (QED) is 0.886. The summed E-state index contributed by atoms with van der Waals surface area (Å²) in [4.78, 5) is 2.69. The molecule has 4 nitrogen and oxygen atoms in total. The fourth-order valence-corrected chi connectivity index (χ4v) is 3.95. The van der Waals surface area contributed by atoms with Crippen molar-refractivity contribution in [2.45, 2.75) is 45.7 Å². The number of likely N-dealkylation sites (tertiary alicyclic amines) is 1. The van der Waals surface area contributed by atoms with Crippen molar-refractivity contribution in [3.8, 4) is 5.69 Å². The van der Waals surface area contributed by atoms with Crippen LogP contribution in [0.4, 0.5) is 0 Å². The highest BCUT2D eigenvalue weighted by Crippen LogP contribution is 2.31. The van der Waals surface area contributed by atoms with Gasteiger partial charge in [-0.25, -0.2) is 4.68 Å². The maximum Gasteiger partial charge on any atom is 0.0648 e.